The minimum Gasteiger partial charge on any atom is -0.439 e. The molecule has 168 valence electrons. The Morgan fingerprint density at radius 1 is 1.06 bits per heavy atom. The predicted octanol–water partition coefficient (Wildman–Crippen LogP) is 4.54. The Morgan fingerprint density at radius 3 is 2.58 bits per heavy atom. The van der Waals surface area contributed by atoms with Crippen LogP contribution in [0.15, 0.2) is 65.6 Å². The summed E-state index contributed by atoms with van der Waals surface area (Å²) in [5, 5.41) is 8.25. The number of hydrogen-bond donors (Lipinski definition) is 1. The maximum absolute atomic E-state index is 12.9. The fourth-order valence-corrected chi connectivity index (χ4v) is 3.54. The molecule has 0 aliphatic rings. The molecule has 0 radical (unpaired) electrons. The largest absolute Gasteiger partial charge is 0.439 e. The van der Waals surface area contributed by atoms with Crippen LogP contribution < -0.4 is 15.6 Å². The first-order valence-electron chi connectivity index (χ1n) is 10.9. The van der Waals surface area contributed by atoms with Gasteiger partial charge in [-0.1, -0.05) is 43.3 Å². The number of nitrogens with one attached hydrogen (secondary N) is 1. The number of ether oxygens (including phenoxy) is 1. The minimum atomic E-state index is -0.341. The molecule has 0 atom stereocenters. The number of amides is 1. The zero-order valence-corrected chi connectivity index (χ0v) is 19.0. The van der Waals surface area contributed by atoms with Crippen molar-refractivity contribution in [1.82, 2.24) is 20.1 Å². The van der Waals surface area contributed by atoms with E-state index in [1.54, 1.807) is 36.5 Å². The number of carbonyl (C=O) groups is 1. The van der Waals surface area contributed by atoms with Crippen LogP contribution in [0.2, 0.25) is 0 Å². The van der Waals surface area contributed by atoms with Crippen molar-refractivity contribution in [2.75, 3.05) is 0 Å². The Labute approximate surface area is 192 Å². The fraction of sp³-hybridized carbons (Fsp3) is 0.231. The van der Waals surface area contributed by atoms with Crippen molar-refractivity contribution in [2.24, 2.45) is 0 Å². The lowest BCUT2D eigenvalue weighted by Gasteiger charge is -2.11. The van der Waals surface area contributed by atoms with E-state index in [0.717, 1.165) is 28.9 Å². The van der Waals surface area contributed by atoms with Crippen LogP contribution in [0.4, 0.5) is 0 Å². The third kappa shape index (κ3) is 4.92. The number of pyridine rings is 1. The lowest BCUT2D eigenvalue weighted by molar-refractivity contribution is 0.0945. The first-order valence-corrected chi connectivity index (χ1v) is 10.9. The molecule has 0 aliphatic carbocycles. The van der Waals surface area contributed by atoms with E-state index >= 15 is 0 Å². The van der Waals surface area contributed by atoms with E-state index < -0.39 is 0 Å². The second-order valence-corrected chi connectivity index (χ2v) is 7.98. The number of hydrogen-bond acceptors (Lipinski definition) is 5. The van der Waals surface area contributed by atoms with E-state index in [1.165, 1.54) is 4.68 Å². The smallest absolute Gasteiger partial charge is 0.274 e. The average molecular weight is 443 g/mol. The third-order valence-corrected chi connectivity index (χ3v) is 5.33. The Balaban J connectivity index is 1.49. The van der Waals surface area contributed by atoms with Gasteiger partial charge in [0.2, 0.25) is 5.88 Å². The summed E-state index contributed by atoms with van der Waals surface area (Å²) in [6, 6.07) is 16.7. The van der Waals surface area contributed by atoms with Crippen LogP contribution in [0.5, 0.6) is 11.6 Å². The number of aromatic nitrogens is 3. The number of fused-ring (bicyclic) bond motifs is 1. The number of carbonyl (C=O) groups excluding carboxylic acids is 1. The van der Waals surface area contributed by atoms with Crippen LogP contribution in [0.25, 0.3) is 10.8 Å². The highest BCUT2D eigenvalue weighted by Gasteiger charge is 2.16. The molecule has 1 amide bonds. The number of benzene rings is 2. The first kappa shape index (κ1) is 22.2. The molecule has 2 aromatic carbocycles. The Morgan fingerprint density at radius 2 is 1.85 bits per heavy atom. The van der Waals surface area contributed by atoms with Crippen molar-refractivity contribution < 1.29 is 9.53 Å². The second kappa shape index (κ2) is 9.65. The Kier molecular flexibility index (Phi) is 6.49. The molecule has 4 aromatic rings. The summed E-state index contributed by atoms with van der Waals surface area (Å²) in [6.07, 6.45) is 2.42. The van der Waals surface area contributed by atoms with Gasteiger partial charge in [-0.05, 0) is 49.1 Å². The molecule has 7 nitrogen and oxygen atoms in total. The number of rotatable bonds is 7. The van der Waals surface area contributed by atoms with Crippen LogP contribution >= 0.6 is 0 Å². The molecule has 0 saturated carbocycles. The van der Waals surface area contributed by atoms with Crippen molar-refractivity contribution in [3.8, 4) is 11.6 Å². The van der Waals surface area contributed by atoms with Crippen LogP contribution in [-0.2, 0) is 13.1 Å². The van der Waals surface area contributed by atoms with Gasteiger partial charge in [-0.2, -0.15) is 5.10 Å². The van der Waals surface area contributed by atoms with Gasteiger partial charge in [0.05, 0.1) is 5.39 Å². The highest BCUT2D eigenvalue weighted by atomic mass is 16.5. The molecule has 33 heavy (non-hydrogen) atoms. The molecule has 1 N–H and O–H groups in total. The van der Waals surface area contributed by atoms with Gasteiger partial charge in [-0.15, -0.1) is 0 Å². The van der Waals surface area contributed by atoms with Crippen molar-refractivity contribution in [3.63, 3.8) is 0 Å². The molecule has 0 aliphatic heterocycles. The zero-order valence-electron chi connectivity index (χ0n) is 19.0. The average Bonchev–Trinajstić information content (AvgIpc) is 2.83. The lowest BCUT2D eigenvalue weighted by atomic mass is 10.1. The molecule has 0 spiro atoms. The minimum absolute atomic E-state index is 0.187. The SMILES string of the molecule is CCCn1nc(C(=O)NCc2ccc(Oc3cc(C)ccc3C)nc2)c2ccccc2c1=O. The quantitative estimate of drug-likeness (QED) is 0.454. The molecule has 0 bridgehead atoms. The van der Waals surface area contributed by atoms with Crippen molar-refractivity contribution in [1.29, 1.82) is 0 Å². The van der Waals surface area contributed by atoms with Crippen molar-refractivity contribution >= 4 is 16.7 Å². The molecule has 0 saturated heterocycles. The molecule has 2 heterocycles. The standard InChI is InChI=1S/C26H26N4O3/c1-4-13-30-26(32)21-8-6-5-7-20(21)24(29-30)25(31)28-16-19-11-12-23(27-15-19)33-22-14-17(2)9-10-18(22)3/h5-12,14-15H,4,13,16H2,1-3H3,(H,28,31). The summed E-state index contributed by atoms with van der Waals surface area (Å²) in [6.45, 7) is 6.69. The summed E-state index contributed by atoms with van der Waals surface area (Å²) >= 11 is 0. The van der Waals surface area contributed by atoms with Crippen LogP contribution in [0.3, 0.4) is 0 Å². The van der Waals surface area contributed by atoms with Crippen LogP contribution in [-0.4, -0.2) is 20.7 Å². The van der Waals surface area contributed by atoms with Crippen LogP contribution in [0, 0.1) is 13.8 Å². The summed E-state index contributed by atoms with van der Waals surface area (Å²) < 4.78 is 7.25. The zero-order chi connectivity index (χ0) is 23.4. The topological polar surface area (TPSA) is 86.1 Å². The monoisotopic (exact) mass is 442 g/mol. The summed E-state index contributed by atoms with van der Waals surface area (Å²) in [4.78, 5) is 29.9. The molecule has 2 aromatic heterocycles. The van der Waals surface area contributed by atoms with Gasteiger partial charge in [0.25, 0.3) is 11.5 Å². The maximum Gasteiger partial charge on any atom is 0.274 e. The van der Waals surface area contributed by atoms with Gasteiger partial charge in [-0.3, -0.25) is 9.59 Å². The van der Waals surface area contributed by atoms with E-state index in [0.29, 0.717) is 23.2 Å². The maximum atomic E-state index is 12.9. The number of aryl methyl sites for hydroxylation is 3. The highest BCUT2D eigenvalue weighted by Crippen LogP contribution is 2.24. The first-order chi connectivity index (χ1) is 16.0. The molecule has 7 heteroatoms. The van der Waals surface area contributed by atoms with Crippen molar-refractivity contribution in [3.05, 3.63) is 93.5 Å². The Bertz CT molecular complexity index is 1360. The molecule has 4 rings (SSSR count). The van der Waals surface area contributed by atoms with Crippen molar-refractivity contribution in [2.45, 2.75) is 40.3 Å². The number of nitrogens with zero attached hydrogens (tertiary/aromatic N) is 3. The van der Waals surface area contributed by atoms with Gasteiger partial charge in [0.1, 0.15) is 5.75 Å². The van der Waals surface area contributed by atoms with E-state index in [1.807, 2.05) is 45.0 Å². The van der Waals surface area contributed by atoms with Crippen LogP contribution in [0.1, 0.15) is 40.5 Å². The predicted molar refractivity (Wildman–Crippen MR) is 128 cm³/mol. The second-order valence-electron chi connectivity index (χ2n) is 7.98. The summed E-state index contributed by atoms with van der Waals surface area (Å²) in [7, 11) is 0. The summed E-state index contributed by atoms with van der Waals surface area (Å²) in [5.41, 5.74) is 3.01. The normalized spacial score (nSPS) is 10.9. The fourth-order valence-electron chi connectivity index (χ4n) is 3.54. The van der Waals surface area contributed by atoms with Gasteiger partial charge < -0.3 is 10.1 Å². The van der Waals surface area contributed by atoms with E-state index in [9.17, 15) is 9.59 Å². The van der Waals surface area contributed by atoms with Gasteiger partial charge in [-0.25, -0.2) is 9.67 Å². The molecule has 0 unspecified atom stereocenters. The summed E-state index contributed by atoms with van der Waals surface area (Å²) in [5.74, 6) is 0.911. The van der Waals surface area contributed by atoms with E-state index in [4.69, 9.17) is 4.74 Å². The molecular weight excluding hydrogens is 416 g/mol. The van der Waals surface area contributed by atoms with E-state index in [-0.39, 0.29) is 23.7 Å². The van der Waals surface area contributed by atoms with E-state index in [2.05, 4.69) is 15.4 Å². The van der Waals surface area contributed by atoms with Gasteiger partial charge in [0, 0.05) is 30.7 Å². The highest BCUT2D eigenvalue weighted by molar-refractivity contribution is 6.04. The molecule has 0 fully saturated rings. The third-order valence-electron chi connectivity index (χ3n) is 5.33. The van der Waals surface area contributed by atoms with Gasteiger partial charge in [0.15, 0.2) is 5.69 Å². The lowest BCUT2D eigenvalue weighted by Crippen LogP contribution is -2.30. The Hall–Kier alpha value is -4.00. The van der Waals surface area contributed by atoms with Gasteiger partial charge >= 0.3 is 0 Å². The molecular formula is C26H26N4O3.